The molecule has 0 radical (unpaired) electrons. The van der Waals surface area contributed by atoms with Crippen molar-refractivity contribution in [1.82, 2.24) is 15.1 Å². The van der Waals surface area contributed by atoms with Crippen molar-refractivity contribution < 1.29 is 14.3 Å². The molecule has 1 saturated heterocycles. The molecule has 2 aromatic carbocycles. The van der Waals surface area contributed by atoms with Gasteiger partial charge in [0.1, 0.15) is 11.5 Å². The molecule has 1 aliphatic carbocycles. The topological polar surface area (TPSA) is 61.9 Å². The molecule has 0 atom stereocenters. The van der Waals surface area contributed by atoms with Crippen LogP contribution in [0.3, 0.4) is 0 Å². The van der Waals surface area contributed by atoms with Gasteiger partial charge in [-0.15, -0.1) is 0 Å². The molecule has 0 aromatic heterocycles. The van der Waals surface area contributed by atoms with Crippen LogP contribution in [0.4, 0.5) is 0 Å². The Kier molecular flexibility index (Phi) is 8.36. The molecule has 2 aromatic rings. The molecule has 4 rings (SSSR count). The number of benzene rings is 2. The maximum Gasteiger partial charge on any atom is 0.251 e. The molecule has 2 amide bonds. The van der Waals surface area contributed by atoms with E-state index in [4.69, 9.17) is 4.74 Å². The molecule has 176 valence electrons. The van der Waals surface area contributed by atoms with E-state index in [1.165, 1.54) is 19.3 Å². The molecule has 0 spiro atoms. The number of ether oxygens (including phenoxy) is 1. The van der Waals surface area contributed by atoms with E-state index in [1.54, 1.807) is 12.1 Å². The van der Waals surface area contributed by atoms with Gasteiger partial charge in [0.2, 0.25) is 5.91 Å². The third-order valence-corrected chi connectivity index (χ3v) is 6.67. The molecule has 0 bridgehead atoms. The largest absolute Gasteiger partial charge is 0.457 e. The molecular weight excluding hydrogens is 414 g/mol. The van der Waals surface area contributed by atoms with Crippen LogP contribution in [0.5, 0.6) is 11.5 Å². The van der Waals surface area contributed by atoms with Gasteiger partial charge in [0.15, 0.2) is 0 Å². The number of nitrogens with zero attached hydrogens (tertiary/aromatic N) is 2. The first-order valence-electron chi connectivity index (χ1n) is 12.3. The van der Waals surface area contributed by atoms with E-state index in [2.05, 4.69) is 15.1 Å². The maximum absolute atomic E-state index is 12.7. The van der Waals surface area contributed by atoms with Gasteiger partial charge in [-0.3, -0.25) is 14.5 Å². The van der Waals surface area contributed by atoms with Gasteiger partial charge in [0.25, 0.3) is 5.91 Å². The number of carbonyl (C=O) groups is 2. The summed E-state index contributed by atoms with van der Waals surface area (Å²) in [4.78, 5) is 29.6. The Morgan fingerprint density at radius 2 is 1.52 bits per heavy atom. The van der Waals surface area contributed by atoms with Crippen molar-refractivity contribution in [1.29, 1.82) is 0 Å². The van der Waals surface area contributed by atoms with Crippen LogP contribution in [0.1, 0.15) is 48.9 Å². The molecule has 2 fully saturated rings. The molecule has 6 heteroatoms. The summed E-state index contributed by atoms with van der Waals surface area (Å²) in [6, 6.07) is 16.8. The highest BCUT2D eigenvalue weighted by Gasteiger charge is 2.28. The Bertz CT molecular complexity index is 887. The SMILES string of the molecule is O=C(NCCCN1CCN(C(=O)C2CCCCC2)CC1)c1ccc(Oc2ccccc2)cc1. The Hall–Kier alpha value is -2.86. The molecule has 1 N–H and O–H groups in total. The highest BCUT2D eigenvalue weighted by Crippen LogP contribution is 2.26. The zero-order valence-corrected chi connectivity index (χ0v) is 19.4. The van der Waals surface area contributed by atoms with E-state index in [9.17, 15) is 9.59 Å². The number of rotatable bonds is 8. The molecule has 1 aliphatic heterocycles. The van der Waals surface area contributed by atoms with Gasteiger partial charge < -0.3 is 15.0 Å². The predicted molar refractivity (Wildman–Crippen MR) is 130 cm³/mol. The lowest BCUT2D eigenvalue weighted by Crippen LogP contribution is -2.50. The summed E-state index contributed by atoms with van der Waals surface area (Å²) < 4.78 is 5.77. The minimum Gasteiger partial charge on any atom is -0.457 e. The van der Waals surface area contributed by atoms with Crippen molar-refractivity contribution in [2.75, 3.05) is 39.3 Å². The van der Waals surface area contributed by atoms with Crippen molar-refractivity contribution >= 4 is 11.8 Å². The normalized spacial score (nSPS) is 17.5. The van der Waals surface area contributed by atoms with E-state index in [1.807, 2.05) is 42.5 Å². The summed E-state index contributed by atoms with van der Waals surface area (Å²) in [7, 11) is 0. The van der Waals surface area contributed by atoms with Crippen molar-refractivity contribution in [3.63, 3.8) is 0 Å². The van der Waals surface area contributed by atoms with Crippen LogP contribution in [0, 0.1) is 5.92 Å². The van der Waals surface area contributed by atoms with E-state index in [-0.39, 0.29) is 11.8 Å². The van der Waals surface area contributed by atoms with Crippen molar-refractivity contribution in [2.45, 2.75) is 38.5 Å². The van der Waals surface area contributed by atoms with Crippen molar-refractivity contribution in [3.05, 3.63) is 60.2 Å². The van der Waals surface area contributed by atoms with Gasteiger partial charge >= 0.3 is 0 Å². The average Bonchev–Trinajstić information content (AvgIpc) is 2.88. The molecular formula is C27H35N3O3. The second-order valence-corrected chi connectivity index (χ2v) is 9.05. The van der Waals surface area contributed by atoms with Gasteiger partial charge in [-0.1, -0.05) is 37.5 Å². The fourth-order valence-corrected chi connectivity index (χ4v) is 4.71. The standard InChI is InChI=1S/C27H35N3O3/c31-26(22-12-14-25(15-13-22)33-24-10-5-2-6-11-24)28-16-7-17-29-18-20-30(21-19-29)27(32)23-8-3-1-4-9-23/h2,5-6,10-15,23H,1,3-4,7-9,16-21H2,(H,28,31). The zero-order chi connectivity index (χ0) is 22.9. The van der Waals surface area contributed by atoms with Crippen LogP contribution in [-0.4, -0.2) is 60.9 Å². The van der Waals surface area contributed by atoms with Crippen molar-refractivity contribution in [3.8, 4) is 11.5 Å². The van der Waals surface area contributed by atoms with E-state index < -0.39 is 0 Å². The second kappa shape index (κ2) is 11.8. The monoisotopic (exact) mass is 449 g/mol. The second-order valence-electron chi connectivity index (χ2n) is 9.05. The smallest absolute Gasteiger partial charge is 0.251 e. The molecule has 0 unspecified atom stereocenters. The summed E-state index contributed by atoms with van der Waals surface area (Å²) in [5.41, 5.74) is 0.630. The molecule has 2 aliphatic rings. The first kappa shape index (κ1) is 23.3. The Morgan fingerprint density at radius 3 is 2.21 bits per heavy atom. The average molecular weight is 450 g/mol. The Labute approximate surface area is 196 Å². The van der Waals surface area contributed by atoms with Gasteiger partial charge in [-0.25, -0.2) is 0 Å². The summed E-state index contributed by atoms with van der Waals surface area (Å²) in [6.07, 6.45) is 6.73. The Balaban J connectivity index is 1.12. The number of amides is 2. The molecule has 1 saturated carbocycles. The summed E-state index contributed by atoms with van der Waals surface area (Å²) in [6.45, 7) is 5.10. The number of carbonyl (C=O) groups excluding carboxylic acids is 2. The lowest BCUT2D eigenvalue weighted by atomic mass is 9.88. The Morgan fingerprint density at radius 1 is 0.848 bits per heavy atom. The van der Waals surface area contributed by atoms with Crippen LogP contribution < -0.4 is 10.1 Å². The molecule has 6 nitrogen and oxygen atoms in total. The minimum absolute atomic E-state index is 0.0656. The van der Waals surface area contributed by atoms with E-state index in [0.717, 1.165) is 57.7 Å². The van der Waals surface area contributed by atoms with E-state index in [0.29, 0.717) is 23.8 Å². The van der Waals surface area contributed by atoms with E-state index >= 15 is 0 Å². The quantitative estimate of drug-likeness (QED) is 0.610. The number of para-hydroxylation sites is 1. The highest BCUT2D eigenvalue weighted by atomic mass is 16.5. The van der Waals surface area contributed by atoms with Crippen LogP contribution in [0.15, 0.2) is 54.6 Å². The third kappa shape index (κ3) is 6.81. The molecule has 1 heterocycles. The highest BCUT2D eigenvalue weighted by molar-refractivity contribution is 5.94. The lowest BCUT2D eigenvalue weighted by Gasteiger charge is -2.37. The summed E-state index contributed by atoms with van der Waals surface area (Å²) >= 11 is 0. The maximum atomic E-state index is 12.7. The van der Waals surface area contributed by atoms with Gasteiger partial charge in [0.05, 0.1) is 0 Å². The summed E-state index contributed by atoms with van der Waals surface area (Å²) in [5.74, 6) is 2.05. The predicted octanol–water partition coefficient (Wildman–Crippen LogP) is 4.32. The van der Waals surface area contributed by atoms with Gasteiger partial charge in [0, 0.05) is 44.2 Å². The van der Waals surface area contributed by atoms with Gasteiger partial charge in [-0.05, 0) is 62.2 Å². The van der Waals surface area contributed by atoms with Crippen molar-refractivity contribution in [2.24, 2.45) is 5.92 Å². The van der Waals surface area contributed by atoms with Gasteiger partial charge in [-0.2, -0.15) is 0 Å². The molecule has 33 heavy (non-hydrogen) atoms. The third-order valence-electron chi connectivity index (χ3n) is 6.67. The van der Waals surface area contributed by atoms with Crippen LogP contribution in [-0.2, 0) is 4.79 Å². The van der Waals surface area contributed by atoms with Crippen LogP contribution in [0.2, 0.25) is 0 Å². The minimum atomic E-state index is -0.0656. The number of hydrogen-bond acceptors (Lipinski definition) is 4. The summed E-state index contributed by atoms with van der Waals surface area (Å²) in [5, 5.41) is 3.01. The van der Waals surface area contributed by atoms with Crippen LogP contribution >= 0.6 is 0 Å². The first-order valence-corrected chi connectivity index (χ1v) is 12.3. The fraction of sp³-hybridized carbons (Fsp3) is 0.481. The number of piperazine rings is 1. The number of nitrogens with one attached hydrogen (secondary N) is 1. The lowest BCUT2D eigenvalue weighted by molar-refractivity contribution is -0.138. The number of hydrogen-bond donors (Lipinski definition) is 1. The van der Waals surface area contributed by atoms with Crippen LogP contribution in [0.25, 0.3) is 0 Å². The zero-order valence-electron chi connectivity index (χ0n) is 19.4. The first-order chi connectivity index (χ1) is 16.2. The fourth-order valence-electron chi connectivity index (χ4n) is 4.71.